The van der Waals surface area contributed by atoms with Crippen LogP contribution in [0, 0.1) is 0 Å². The van der Waals surface area contributed by atoms with Crippen LogP contribution in [-0.2, 0) is 0 Å². The predicted octanol–water partition coefficient (Wildman–Crippen LogP) is 2.10. The van der Waals surface area contributed by atoms with Crippen molar-refractivity contribution >= 4 is 5.69 Å². The molecule has 0 aromatic heterocycles. The van der Waals surface area contributed by atoms with Crippen LogP contribution in [0.5, 0.6) is 0 Å². The van der Waals surface area contributed by atoms with Gasteiger partial charge in [0.15, 0.2) is 0 Å². The van der Waals surface area contributed by atoms with E-state index in [0.29, 0.717) is 6.04 Å². The van der Waals surface area contributed by atoms with E-state index in [-0.39, 0.29) is 0 Å². The molecule has 0 saturated heterocycles. The van der Waals surface area contributed by atoms with Gasteiger partial charge in [0, 0.05) is 18.3 Å². The van der Waals surface area contributed by atoms with Crippen LogP contribution in [0.25, 0.3) is 0 Å². The van der Waals surface area contributed by atoms with Crippen molar-refractivity contribution < 1.29 is 0 Å². The molecule has 1 aromatic rings. The molecule has 72 valence electrons. The molecule has 2 nitrogen and oxygen atoms in total. The maximum atomic E-state index is 3.47. The number of benzene rings is 1. The Labute approximate surface area is 80.4 Å². The zero-order valence-corrected chi connectivity index (χ0v) is 8.38. The van der Waals surface area contributed by atoms with Gasteiger partial charge in [-0.2, -0.15) is 0 Å². The number of anilines is 1. The van der Waals surface area contributed by atoms with Gasteiger partial charge >= 0.3 is 0 Å². The van der Waals surface area contributed by atoms with Crippen LogP contribution in [0.15, 0.2) is 30.3 Å². The van der Waals surface area contributed by atoms with Crippen molar-refractivity contribution in [3.8, 4) is 0 Å². The molecule has 0 radical (unpaired) electrons. The molecule has 0 saturated carbocycles. The summed E-state index contributed by atoms with van der Waals surface area (Å²) in [5.41, 5.74) is 1.20. The van der Waals surface area contributed by atoms with Crippen molar-refractivity contribution in [1.29, 1.82) is 0 Å². The average molecular weight is 178 g/mol. The number of rotatable bonds is 5. The molecule has 1 aromatic carbocycles. The number of hydrogen-bond donors (Lipinski definition) is 2. The predicted molar refractivity (Wildman–Crippen MR) is 58.1 cm³/mol. The third kappa shape index (κ3) is 3.47. The molecule has 1 unspecified atom stereocenters. The lowest BCUT2D eigenvalue weighted by atomic mass is 10.2. The summed E-state index contributed by atoms with van der Waals surface area (Å²) < 4.78 is 0. The summed E-state index contributed by atoms with van der Waals surface area (Å²) in [6.07, 6.45) is 1.13. The Morgan fingerprint density at radius 2 is 1.92 bits per heavy atom. The molecule has 0 spiro atoms. The van der Waals surface area contributed by atoms with Crippen LogP contribution in [0.1, 0.15) is 13.3 Å². The van der Waals surface area contributed by atoms with Crippen molar-refractivity contribution in [2.75, 3.05) is 18.9 Å². The van der Waals surface area contributed by atoms with Crippen LogP contribution in [0.3, 0.4) is 0 Å². The van der Waals surface area contributed by atoms with Crippen LogP contribution in [0.4, 0.5) is 5.69 Å². The topological polar surface area (TPSA) is 24.1 Å². The maximum Gasteiger partial charge on any atom is 0.0383 e. The van der Waals surface area contributed by atoms with E-state index in [1.165, 1.54) is 5.69 Å². The average Bonchev–Trinajstić information content (AvgIpc) is 2.19. The van der Waals surface area contributed by atoms with E-state index >= 15 is 0 Å². The highest BCUT2D eigenvalue weighted by Crippen LogP contribution is 2.07. The van der Waals surface area contributed by atoms with Gasteiger partial charge in [-0.05, 0) is 25.6 Å². The first-order valence-corrected chi connectivity index (χ1v) is 4.83. The zero-order chi connectivity index (χ0) is 9.52. The summed E-state index contributed by atoms with van der Waals surface area (Å²) in [6.45, 7) is 3.20. The minimum absolute atomic E-state index is 0.521. The first-order chi connectivity index (χ1) is 6.36. The lowest BCUT2D eigenvalue weighted by molar-refractivity contribution is 0.637. The number of para-hydroxylation sites is 1. The second kappa shape index (κ2) is 5.60. The molecule has 2 N–H and O–H groups in total. The summed E-state index contributed by atoms with van der Waals surface area (Å²) in [5.74, 6) is 0. The third-order valence-electron chi connectivity index (χ3n) is 2.09. The van der Waals surface area contributed by atoms with E-state index in [1.54, 1.807) is 0 Å². The maximum absolute atomic E-state index is 3.47. The fourth-order valence-corrected chi connectivity index (χ4v) is 1.31. The van der Waals surface area contributed by atoms with E-state index in [4.69, 9.17) is 0 Å². The largest absolute Gasteiger partial charge is 0.381 e. The fraction of sp³-hybridized carbons (Fsp3) is 0.455. The standard InChI is InChI=1S/C11H18N2/c1-3-10(9-12-2)13-11-7-5-4-6-8-11/h4-8,10,12-13H,3,9H2,1-2H3. The minimum Gasteiger partial charge on any atom is -0.381 e. The second-order valence-corrected chi connectivity index (χ2v) is 3.17. The van der Waals surface area contributed by atoms with E-state index in [2.05, 4.69) is 41.8 Å². The summed E-state index contributed by atoms with van der Waals surface area (Å²) in [4.78, 5) is 0. The highest BCUT2D eigenvalue weighted by atomic mass is 15.0. The monoisotopic (exact) mass is 178 g/mol. The molecule has 0 heterocycles. The Kier molecular flexibility index (Phi) is 4.33. The SMILES string of the molecule is CCC(CNC)Nc1ccccc1. The normalized spacial score (nSPS) is 12.5. The van der Waals surface area contributed by atoms with Crippen molar-refractivity contribution in [1.82, 2.24) is 5.32 Å². The second-order valence-electron chi connectivity index (χ2n) is 3.17. The van der Waals surface area contributed by atoms with Crippen molar-refractivity contribution in [2.24, 2.45) is 0 Å². The summed E-state index contributed by atoms with van der Waals surface area (Å²) in [7, 11) is 1.98. The van der Waals surface area contributed by atoms with E-state index in [1.807, 2.05) is 13.1 Å². The molecule has 13 heavy (non-hydrogen) atoms. The van der Waals surface area contributed by atoms with Gasteiger partial charge in [0.25, 0.3) is 0 Å². The molecular weight excluding hydrogens is 160 g/mol. The molecule has 0 bridgehead atoms. The van der Waals surface area contributed by atoms with Crippen LogP contribution >= 0.6 is 0 Å². The van der Waals surface area contributed by atoms with E-state index in [0.717, 1.165) is 13.0 Å². The highest BCUT2D eigenvalue weighted by Gasteiger charge is 2.02. The highest BCUT2D eigenvalue weighted by molar-refractivity contribution is 5.43. The molecule has 2 heteroatoms. The van der Waals surface area contributed by atoms with Gasteiger partial charge in [-0.3, -0.25) is 0 Å². The van der Waals surface area contributed by atoms with Crippen molar-refractivity contribution in [2.45, 2.75) is 19.4 Å². The minimum atomic E-state index is 0.521. The number of hydrogen-bond acceptors (Lipinski definition) is 2. The molecular formula is C11H18N2. The van der Waals surface area contributed by atoms with E-state index < -0.39 is 0 Å². The van der Waals surface area contributed by atoms with Crippen LogP contribution in [0.2, 0.25) is 0 Å². The lowest BCUT2D eigenvalue weighted by Gasteiger charge is -2.17. The van der Waals surface area contributed by atoms with Gasteiger partial charge in [0.2, 0.25) is 0 Å². The molecule has 1 rings (SSSR count). The van der Waals surface area contributed by atoms with Crippen LogP contribution in [-0.4, -0.2) is 19.6 Å². The first-order valence-electron chi connectivity index (χ1n) is 4.83. The summed E-state index contributed by atoms with van der Waals surface area (Å²) in [6, 6.07) is 10.8. The molecule has 0 amide bonds. The van der Waals surface area contributed by atoms with Gasteiger partial charge in [-0.25, -0.2) is 0 Å². The van der Waals surface area contributed by atoms with Crippen LogP contribution < -0.4 is 10.6 Å². The zero-order valence-electron chi connectivity index (χ0n) is 8.38. The smallest absolute Gasteiger partial charge is 0.0383 e. The molecule has 0 aliphatic carbocycles. The van der Waals surface area contributed by atoms with Crippen molar-refractivity contribution in [3.05, 3.63) is 30.3 Å². The van der Waals surface area contributed by atoms with Gasteiger partial charge < -0.3 is 10.6 Å². The number of nitrogens with one attached hydrogen (secondary N) is 2. The molecule has 0 aliphatic rings. The molecule has 0 aliphatic heterocycles. The molecule has 1 atom stereocenters. The van der Waals surface area contributed by atoms with Crippen molar-refractivity contribution in [3.63, 3.8) is 0 Å². The number of likely N-dealkylation sites (N-methyl/N-ethyl adjacent to an activating group) is 1. The lowest BCUT2D eigenvalue weighted by Crippen LogP contribution is -2.30. The van der Waals surface area contributed by atoms with Gasteiger partial charge in [-0.15, -0.1) is 0 Å². The van der Waals surface area contributed by atoms with Gasteiger partial charge in [0.05, 0.1) is 0 Å². The Bertz CT molecular complexity index is 221. The Morgan fingerprint density at radius 3 is 2.46 bits per heavy atom. The van der Waals surface area contributed by atoms with Gasteiger partial charge in [0.1, 0.15) is 0 Å². The Hall–Kier alpha value is -1.02. The fourth-order valence-electron chi connectivity index (χ4n) is 1.31. The Morgan fingerprint density at radius 1 is 1.23 bits per heavy atom. The van der Waals surface area contributed by atoms with E-state index in [9.17, 15) is 0 Å². The summed E-state index contributed by atoms with van der Waals surface area (Å²) >= 11 is 0. The summed E-state index contributed by atoms with van der Waals surface area (Å²) in [5, 5.41) is 6.64. The first kappa shape index (κ1) is 10.1. The third-order valence-corrected chi connectivity index (χ3v) is 2.09. The molecule has 0 fully saturated rings. The Balaban J connectivity index is 2.46. The quantitative estimate of drug-likeness (QED) is 0.721. The van der Waals surface area contributed by atoms with Gasteiger partial charge in [-0.1, -0.05) is 25.1 Å².